The zero-order valence-corrected chi connectivity index (χ0v) is 11.7. The molecule has 0 amide bonds. The molecule has 0 aliphatic heterocycles. The van der Waals surface area contributed by atoms with Gasteiger partial charge in [-0.1, -0.05) is 38.6 Å². The second-order valence-corrected chi connectivity index (χ2v) is 4.89. The molecule has 94 valence electrons. The lowest BCUT2D eigenvalue weighted by Gasteiger charge is -2.20. The Balaban J connectivity index is 2.94. The summed E-state index contributed by atoms with van der Waals surface area (Å²) in [5, 5.41) is 3.55. The van der Waals surface area contributed by atoms with Gasteiger partial charge in [-0.3, -0.25) is 0 Å². The average Bonchev–Trinajstić information content (AvgIpc) is 2.28. The number of thiocarbonyl (C=S) groups is 1. The quantitative estimate of drug-likeness (QED) is 0.757. The summed E-state index contributed by atoms with van der Waals surface area (Å²) in [7, 11) is 0. The van der Waals surface area contributed by atoms with Crippen molar-refractivity contribution in [3.63, 3.8) is 0 Å². The average molecular weight is 250 g/mol. The van der Waals surface area contributed by atoms with Gasteiger partial charge in [-0.05, 0) is 37.5 Å². The molecule has 0 fully saturated rings. The van der Waals surface area contributed by atoms with Crippen molar-refractivity contribution in [3.05, 3.63) is 29.3 Å². The van der Waals surface area contributed by atoms with Gasteiger partial charge < -0.3 is 11.1 Å². The van der Waals surface area contributed by atoms with E-state index >= 15 is 0 Å². The summed E-state index contributed by atoms with van der Waals surface area (Å²) in [5.41, 5.74) is 8.98. The van der Waals surface area contributed by atoms with E-state index in [9.17, 15) is 0 Å². The van der Waals surface area contributed by atoms with Gasteiger partial charge in [0.05, 0.1) is 0 Å². The van der Waals surface area contributed by atoms with E-state index in [0.717, 1.165) is 17.7 Å². The van der Waals surface area contributed by atoms with Crippen LogP contribution in [0.15, 0.2) is 18.2 Å². The first-order valence-corrected chi connectivity index (χ1v) is 6.66. The topological polar surface area (TPSA) is 38.0 Å². The Morgan fingerprint density at radius 2 is 2.12 bits per heavy atom. The number of nitrogens with two attached hydrogens (primary N) is 1. The summed E-state index contributed by atoms with van der Waals surface area (Å²) in [4.78, 5) is 0.457. The highest BCUT2D eigenvalue weighted by Gasteiger charge is 2.10. The van der Waals surface area contributed by atoms with Crippen LogP contribution in [-0.4, -0.2) is 11.0 Å². The maximum Gasteiger partial charge on any atom is 0.106 e. The molecule has 0 aliphatic carbocycles. The molecule has 0 spiro atoms. The highest BCUT2D eigenvalue weighted by Crippen LogP contribution is 2.20. The van der Waals surface area contributed by atoms with Crippen LogP contribution >= 0.6 is 12.2 Å². The summed E-state index contributed by atoms with van der Waals surface area (Å²) >= 11 is 5.08. The van der Waals surface area contributed by atoms with E-state index in [2.05, 4.69) is 32.2 Å². The number of rotatable bonds is 6. The fourth-order valence-electron chi connectivity index (χ4n) is 1.94. The SMILES string of the molecule is CCCC(CC)Nc1cc(C)ccc1C(N)=S. The van der Waals surface area contributed by atoms with Crippen LogP contribution in [0.5, 0.6) is 0 Å². The molecule has 1 atom stereocenters. The van der Waals surface area contributed by atoms with Gasteiger partial charge in [0.25, 0.3) is 0 Å². The molecule has 2 nitrogen and oxygen atoms in total. The molecular formula is C14H22N2S. The second-order valence-electron chi connectivity index (χ2n) is 4.45. The lowest BCUT2D eigenvalue weighted by atomic mass is 10.1. The van der Waals surface area contributed by atoms with Gasteiger partial charge in [0.1, 0.15) is 4.99 Å². The van der Waals surface area contributed by atoms with Crippen LogP contribution in [0.2, 0.25) is 0 Å². The van der Waals surface area contributed by atoms with Gasteiger partial charge in [-0.2, -0.15) is 0 Å². The van der Waals surface area contributed by atoms with Crippen molar-refractivity contribution in [2.75, 3.05) is 5.32 Å². The fraction of sp³-hybridized carbons (Fsp3) is 0.500. The third-order valence-corrected chi connectivity index (χ3v) is 3.15. The van der Waals surface area contributed by atoms with Crippen LogP contribution in [-0.2, 0) is 0 Å². The number of hydrogen-bond acceptors (Lipinski definition) is 2. The monoisotopic (exact) mass is 250 g/mol. The molecule has 0 bridgehead atoms. The Kier molecular flexibility index (Phi) is 5.42. The van der Waals surface area contributed by atoms with E-state index in [4.69, 9.17) is 18.0 Å². The first-order valence-electron chi connectivity index (χ1n) is 6.25. The zero-order valence-electron chi connectivity index (χ0n) is 10.9. The van der Waals surface area contributed by atoms with Gasteiger partial charge in [-0.25, -0.2) is 0 Å². The second kappa shape index (κ2) is 6.60. The molecule has 1 unspecified atom stereocenters. The Labute approximate surface area is 110 Å². The normalized spacial score (nSPS) is 12.2. The maximum atomic E-state index is 5.75. The minimum Gasteiger partial charge on any atom is -0.389 e. The Hall–Kier alpha value is -1.09. The third kappa shape index (κ3) is 4.00. The van der Waals surface area contributed by atoms with E-state index in [0.29, 0.717) is 11.0 Å². The van der Waals surface area contributed by atoms with Crippen LogP contribution in [0.25, 0.3) is 0 Å². The Bertz CT molecular complexity index is 388. The molecule has 1 rings (SSSR count). The summed E-state index contributed by atoms with van der Waals surface area (Å²) in [5.74, 6) is 0. The lowest BCUT2D eigenvalue weighted by Crippen LogP contribution is -2.21. The van der Waals surface area contributed by atoms with Crippen molar-refractivity contribution < 1.29 is 0 Å². The fourth-order valence-corrected chi connectivity index (χ4v) is 2.12. The number of hydrogen-bond donors (Lipinski definition) is 2. The van der Waals surface area contributed by atoms with Gasteiger partial charge in [0.15, 0.2) is 0 Å². The van der Waals surface area contributed by atoms with Crippen molar-refractivity contribution in [1.82, 2.24) is 0 Å². The lowest BCUT2D eigenvalue weighted by molar-refractivity contribution is 0.622. The zero-order chi connectivity index (χ0) is 12.8. The molecule has 3 N–H and O–H groups in total. The molecule has 1 aromatic rings. The molecule has 0 aromatic heterocycles. The molecule has 0 heterocycles. The maximum absolute atomic E-state index is 5.75. The van der Waals surface area contributed by atoms with Crippen molar-refractivity contribution >= 4 is 22.9 Å². The molecule has 0 radical (unpaired) electrons. The molecule has 1 aromatic carbocycles. The van der Waals surface area contributed by atoms with E-state index in [1.807, 2.05) is 12.1 Å². The smallest absolute Gasteiger partial charge is 0.106 e. The van der Waals surface area contributed by atoms with Crippen molar-refractivity contribution in [2.24, 2.45) is 5.73 Å². The van der Waals surface area contributed by atoms with E-state index < -0.39 is 0 Å². The summed E-state index contributed by atoms with van der Waals surface area (Å²) in [6, 6.07) is 6.65. The van der Waals surface area contributed by atoms with E-state index in [-0.39, 0.29) is 0 Å². The van der Waals surface area contributed by atoms with Crippen LogP contribution in [0.4, 0.5) is 5.69 Å². The molecular weight excluding hydrogens is 228 g/mol. The predicted molar refractivity (Wildman–Crippen MR) is 79.7 cm³/mol. The number of aryl methyl sites for hydroxylation is 1. The van der Waals surface area contributed by atoms with Gasteiger partial charge in [-0.15, -0.1) is 0 Å². The largest absolute Gasteiger partial charge is 0.389 e. The van der Waals surface area contributed by atoms with Gasteiger partial charge in [0.2, 0.25) is 0 Å². The third-order valence-electron chi connectivity index (χ3n) is 2.93. The van der Waals surface area contributed by atoms with Crippen LogP contribution < -0.4 is 11.1 Å². The number of anilines is 1. The summed E-state index contributed by atoms with van der Waals surface area (Å²) < 4.78 is 0. The first-order chi connectivity index (χ1) is 8.08. The Morgan fingerprint density at radius 3 is 2.65 bits per heavy atom. The van der Waals surface area contributed by atoms with Crippen LogP contribution in [0, 0.1) is 6.92 Å². The molecule has 0 saturated heterocycles. The van der Waals surface area contributed by atoms with Gasteiger partial charge >= 0.3 is 0 Å². The molecule has 3 heteroatoms. The summed E-state index contributed by atoms with van der Waals surface area (Å²) in [6.45, 7) is 6.48. The predicted octanol–water partition coefficient (Wildman–Crippen LogP) is 3.62. The molecule has 17 heavy (non-hydrogen) atoms. The first kappa shape index (κ1) is 14.0. The van der Waals surface area contributed by atoms with Crippen molar-refractivity contribution in [2.45, 2.75) is 46.1 Å². The minimum absolute atomic E-state index is 0.457. The van der Waals surface area contributed by atoms with Crippen molar-refractivity contribution in [1.29, 1.82) is 0 Å². The van der Waals surface area contributed by atoms with Crippen LogP contribution in [0.1, 0.15) is 44.2 Å². The number of benzene rings is 1. The van der Waals surface area contributed by atoms with Crippen molar-refractivity contribution in [3.8, 4) is 0 Å². The minimum atomic E-state index is 0.457. The standard InChI is InChI=1S/C14H22N2S/c1-4-6-11(5-2)16-13-9-10(3)7-8-12(13)14(15)17/h7-9,11,16H,4-6H2,1-3H3,(H2,15,17). The highest BCUT2D eigenvalue weighted by atomic mass is 32.1. The van der Waals surface area contributed by atoms with E-state index in [1.54, 1.807) is 0 Å². The van der Waals surface area contributed by atoms with Crippen LogP contribution in [0.3, 0.4) is 0 Å². The summed E-state index contributed by atoms with van der Waals surface area (Å²) in [6.07, 6.45) is 3.46. The van der Waals surface area contributed by atoms with E-state index in [1.165, 1.54) is 18.4 Å². The highest BCUT2D eigenvalue weighted by molar-refractivity contribution is 7.80. The Morgan fingerprint density at radius 1 is 1.41 bits per heavy atom. The van der Waals surface area contributed by atoms with Gasteiger partial charge in [0, 0.05) is 17.3 Å². The molecule has 0 aliphatic rings. The molecule has 0 saturated carbocycles. The number of nitrogens with one attached hydrogen (secondary N) is 1.